The summed E-state index contributed by atoms with van der Waals surface area (Å²) in [6.45, 7) is 1.97. The minimum atomic E-state index is -0.608. The van der Waals surface area contributed by atoms with Crippen molar-refractivity contribution in [3.63, 3.8) is 0 Å². The second-order valence-electron chi connectivity index (χ2n) is 5.89. The van der Waals surface area contributed by atoms with E-state index >= 15 is 0 Å². The SMILES string of the molecule is Cc1ccc2c(c1)C(=O)C1(CC1)N2C(=O)c1ccccc1. The van der Waals surface area contributed by atoms with Crippen LogP contribution in [-0.4, -0.2) is 17.2 Å². The molecule has 4 rings (SSSR count). The molecule has 21 heavy (non-hydrogen) atoms. The second kappa shape index (κ2) is 4.04. The Labute approximate surface area is 123 Å². The molecule has 1 amide bonds. The molecule has 0 radical (unpaired) electrons. The number of carbonyl (C=O) groups excluding carboxylic acids is 2. The van der Waals surface area contributed by atoms with Crippen LogP contribution in [0.2, 0.25) is 0 Å². The fraction of sp³-hybridized carbons (Fsp3) is 0.222. The number of ketones is 1. The standard InChI is InChI=1S/C18H15NO2/c1-12-7-8-15-14(11-12)16(20)18(9-10-18)19(15)17(21)13-5-3-2-4-6-13/h2-8,11H,9-10H2,1H3. The van der Waals surface area contributed by atoms with Crippen molar-refractivity contribution in [3.8, 4) is 0 Å². The Morgan fingerprint density at radius 2 is 1.81 bits per heavy atom. The zero-order valence-corrected chi connectivity index (χ0v) is 11.8. The van der Waals surface area contributed by atoms with E-state index in [1.165, 1.54) is 0 Å². The summed E-state index contributed by atoms with van der Waals surface area (Å²) in [4.78, 5) is 27.3. The Morgan fingerprint density at radius 3 is 2.48 bits per heavy atom. The van der Waals surface area contributed by atoms with Gasteiger partial charge in [-0.1, -0.05) is 29.8 Å². The molecule has 1 heterocycles. The first-order valence-corrected chi connectivity index (χ1v) is 7.18. The van der Waals surface area contributed by atoms with Gasteiger partial charge in [0.2, 0.25) is 0 Å². The van der Waals surface area contributed by atoms with Crippen LogP contribution in [0.1, 0.15) is 39.1 Å². The molecule has 0 N–H and O–H groups in total. The van der Waals surface area contributed by atoms with E-state index in [4.69, 9.17) is 0 Å². The highest BCUT2D eigenvalue weighted by atomic mass is 16.2. The Morgan fingerprint density at radius 1 is 1.10 bits per heavy atom. The predicted octanol–water partition coefficient (Wildman–Crippen LogP) is 3.37. The first kappa shape index (κ1) is 12.3. The van der Waals surface area contributed by atoms with Crippen molar-refractivity contribution in [2.45, 2.75) is 25.3 Å². The van der Waals surface area contributed by atoms with Crippen molar-refractivity contribution in [3.05, 3.63) is 65.2 Å². The molecule has 0 aromatic heterocycles. The van der Waals surface area contributed by atoms with Crippen LogP contribution >= 0.6 is 0 Å². The van der Waals surface area contributed by atoms with Gasteiger partial charge < -0.3 is 0 Å². The zero-order valence-electron chi connectivity index (χ0n) is 11.8. The van der Waals surface area contributed by atoms with Crippen LogP contribution < -0.4 is 4.90 Å². The lowest BCUT2D eigenvalue weighted by Crippen LogP contribution is -2.42. The summed E-state index contributed by atoms with van der Waals surface area (Å²) < 4.78 is 0. The number of amides is 1. The molecule has 2 aromatic rings. The number of fused-ring (bicyclic) bond motifs is 1. The van der Waals surface area contributed by atoms with Crippen LogP contribution in [0.25, 0.3) is 0 Å². The molecular weight excluding hydrogens is 262 g/mol. The largest absolute Gasteiger partial charge is 0.294 e. The molecule has 104 valence electrons. The third kappa shape index (κ3) is 1.60. The number of anilines is 1. The van der Waals surface area contributed by atoms with Gasteiger partial charge in [0, 0.05) is 11.1 Å². The maximum absolute atomic E-state index is 12.9. The van der Waals surface area contributed by atoms with Gasteiger partial charge in [-0.25, -0.2) is 0 Å². The van der Waals surface area contributed by atoms with E-state index in [-0.39, 0.29) is 11.7 Å². The average Bonchev–Trinajstić information content (AvgIpc) is 3.26. The van der Waals surface area contributed by atoms with Gasteiger partial charge in [-0.05, 0) is 44.0 Å². The Kier molecular flexibility index (Phi) is 2.37. The van der Waals surface area contributed by atoms with Gasteiger partial charge in [0.15, 0.2) is 5.78 Å². The Balaban J connectivity index is 1.86. The molecule has 1 saturated carbocycles. The minimum absolute atomic E-state index is 0.0796. The molecule has 0 atom stereocenters. The van der Waals surface area contributed by atoms with Gasteiger partial charge >= 0.3 is 0 Å². The number of hydrogen-bond acceptors (Lipinski definition) is 2. The van der Waals surface area contributed by atoms with Crippen molar-refractivity contribution < 1.29 is 9.59 Å². The first-order chi connectivity index (χ1) is 10.1. The molecule has 2 aromatic carbocycles. The number of nitrogens with zero attached hydrogens (tertiary/aromatic N) is 1. The van der Waals surface area contributed by atoms with Crippen LogP contribution in [-0.2, 0) is 0 Å². The normalized spacial score (nSPS) is 18.0. The lowest BCUT2D eigenvalue weighted by atomic mass is 10.1. The molecule has 1 aliphatic carbocycles. The number of benzene rings is 2. The number of carbonyl (C=O) groups is 2. The molecule has 1 aliphatic heterocycles. The third-order valence-corrected chi connectivity index (χ3v) is 4.44. The Bertz CT molecular complexity index is 760. The summed E-state index contributed by atoms with van der Waals surface area (Å²) in [5.41, 5.74) is 2.52. The van der Waals surface area contributed by atoms with Gasteiger partial charge in [-0.15, -0.1) is 0 Å². The second-order valence-corrected chi connectivity index (χ2v) is 5.89. The molecule has 3 nitrogen and oxygen atoms in total. The first-order valence-electron chi connectivity index (χ1n) is 7.18. The molecule has 1 spiro atoms. The average molecular weight is 277 g/mol. The van der Waals surface area contributed by atoms with E-state index in [1.54, 1.807) is 17.0 Å². The van der Waals surface area contributed by atoms with Crippen molar-refractivity contribution in [2.24, 2.45) is 0 Å². The van der Waals surface area contributed by atoms with Gasteiger partial charge in [-0.2, -0.15) is 0 Å². The summed E-state index contributed by atoms with van der Waals surface area (Å²) >= 11 is 0. The number of rotatable bonds is 1. The summed E-state index contributed by atoms with van der Waals surface area (Å²) in [5, 5.41) is 0. The summed E-state index contributed by atoms with van der Waals surface area (Å²) in [6, 6.07) is 14.9. The van der Waals surface area contributed by atoms with E-state index < -0.39 is 5.54 Å². The van der Waals surface area contributed by atoms with Crippen molar-refractivity contribution >= 4 is 17.4 Å². The van der Waals surface area contributed by atoms with Crippen LogP contribution in [0.3, 0.4) is 0 Å². The maximum atomic E-state index is 12.9. The van der Waals surface area contributed by atoms with Crippen molar-refractivity contribution in [1.82, 2.24) is 0 Å². The molecular formula is C18H15NO2. The monoisotopic (exact) mass is 277 g/mol. The fourth-order valence-corrected chi connectivity index (χ4v) is 3.19. The lowest BCUT2D eigenvalue weighted by Gasteiger charge is -2.24. The predicted molar refractivity (Wildman–Crippen MR) is 80.7 cm³/mol. The van der Waals surface area contributed by atoms with Crippen LogP contribution in [0.15, 0.2) is 48.5 Å². The molecule has 0 unspecified atom stereocenters. The summed E-state index contributed by atoms with van der Waals surface area (Å²) in [6.07, 6.45) is 1.52. The third-order valence-electron chi connectivity index (χ3n) is 4.44. The zero-order chi connectivity index (χ0) is 14.6. The van der Waals surface area contributed by atoms with Crippen LogP contribution in [0.5, 0.6) is 0 Å². The van der Waals surface area contributed by atoms with Gasteiger partial charge in [0.05, 0.1) is 5.69 Å². The van der Waals surface area contributed by atoms with Crippen molar-refractivity contribution in [2.75, 3.05) is 4.90 Å². The highest BCUT2D eigenvalue weighted by Crippen LogP contribution is 2.53. The van der Waals surface area contributed by atoms with E-state index in [2.05, 4.69) is 0 Å². The van der Waals surface area contributed by atoms with Crippen molar-refractivity contribution in [1.29, 1.82) is 0 Å². The maximum Gasteiger partial charge on any atom is 0.259 e. The number of aryl methyl sites for hydroxylation is 1. The van der Waals surface area contributed by atoms with E-state index in [1.807, 2.05) is 43.3 Å². The van der Waals surface area contributed by atoms with Gasteiger partial charge in [-0.3, -0.25) is 14.5 Å². The molecule has 3 heteroatoms. The van der Waals surface area contributed by atoms with Crippen LogP contribution in [0, 0.1) is 6.92 Å². The van der Waals surface area contributed by atoms with Crippen LogP contribution in [0.4, 0.5) is 5.69 Å². The smallest absolute Gasteiger partial charge is 0.259 e. The van der Waals surface area contributed by atoms with Gasteiger partial charge in [0.25, 0.3) is 5.91 Å². The molecule has 2 aliphatic rings. The fourth-order valence-electron chi connectivity index (χ4n) is 3.19. The summed E-state index contributed by atoms with van der Waals surface area (Å²) in [5.74, 6) is 0.0227. The highest BCUT2D eigenvalue weighted by molar-refractivity contribution is 6.24. The Hall–Kier alpha value is -2.42. The van der Waals surface area contributed by atoms with E-state index in [0.29, 0.717) is 11.1 Å². The quantitative estimate of drug-likeness (QED) is 0.801. The van der Waals surface area contributed by atoms with E-state index in [9.17, 15) is 9.59 Å². The number of Topliss-reactive ketones (excluding diaryl/α,β-unsaturated/α-hetero) is 1. The summed E-state index contributed by atoms with van der Waals surface area (Å²) in [7, 11) is 0. The molecule has 1 fully saturated rings. The minimum Gasteiger partial charge on any atom is -0.294 e. The lowest BCUT2D eigenvalue weighted by molar-refractivity contribution is 0.0903. The van der Waals surface area contributed by atoms with E-state index in [0.717, 1.165) is 24.1 Å². The topological polar surface area (TPSA) is 37.4 Å². The van der Waals surface area contributed by atoms with Gasteiger partial charge in [0.1, 0.15) is 5.54 Å². The number of hydrogen-bond donors (Lipinski definition) is 0. The molecule has 0 saturated heterocycles. The highest BCUT2D eigenvalue weighted by Gasteiger charge is 2.61. The molecule has 0 bridgehead atoms.